The van der Waals surface area contributed by atoms with Gasteiger partial charge in [0.1, 0.15) is 13.2 Å². The van der Waals surface area contributed by atoms with Gasteiger partial charge in [-0.15, -0.1) is 0 Å². The number of hydrogen-bond donors (Lipinski definition) is 1. The summed E-state index contributed by atoms with van der Waals surface area (Å²) in [6, 6.07) is 6.29. The first kappa shape index (κ1) is 10.9. The number of rotatable bonds is 2. The van der Waals surface area contributed by atoms with Gasteiger partial charge in [-0.3, -0.25) is 0 Å². The number of ether oxygens (including phenoxy) is 2. The molecule has 0 radical (unpaired) electrons. The number of benzene rings is 1. The first-order valence-corrected chi connectivity index (χ1v) is 6.24. The molecular weight excluding hydrogens is 214 g/mol. The molecule has 92 valence electrons. The van der Waals surface area contributed by atoms with Gasteiger partial charge < -0.3 is 15.2 Å². The Morgan fingerprint density at radius 2 is 1.94 bits per heavy atom. The first-order valence-electron chi connectivity index (χ1n) is 6.24. The molecule has 2 aliphatic rings. The van der Waals surface area contributed by atoms with Gasteiger partial charge in [-0.25, -0.2) is 0 Å². The van der Waals surface area contributed by atoms with Gasteiger partial charge in [-0.2, -0.15) is 0 Å². The Balaban J connectivity index is 1.90. The lowest BCUT2D eigenvalue weighted by Crippen LogP contribution is -2.15. The lowest BCUT2D eigenvalue weighted by atomic mass is 10.0. The number of fused-ring (bicyclic) bond motifs is 1. The summed E-state index contributed by atoms with van der Waals surface area (Å²) in [4.78, 5) is 0. The number of hydrogen-bond acceptors (Lipinski definition) is 3. The second kappa shape index (κ2) is 3.64. The van der Waals surface area contributed by atoms with Crippen molar-refractivity contribution in [3.63, 3.8) is 0 Å². The van der Waals surface area contributed by atoms with Gasteiger partial charge in [0.15, 0.2) is 11.5 Å². The molecule has 2 N–H and O–H groups in total. The maximum atomic E-state index is 5.82. The van der Waals surface area contributed by atoms with Crippen LogP contribution >= 0.6 is 0 Å². The van der Waals surface area contributed by atoms with Crippen molar-refractivity contribution in [1.82, 2.24) is 0 Å². The van der Waals surface area contributed by atoms with E-state index in [4.69, 9.17) is 15.2 Å². The highest BCUT2D eigenvalue weighted by Crippen LogP contribution is 2.64. The molecular formula is C14H19NO2. The molecule has 3 nitrogen and oxygen atoms in total. The second-order valence-corrected chi connectivity index (χ2v) is 5.54. The Morgan fingerprint density at radius 3 is 2.59 bits per heavy atom. The highest BCUT2D eigenvalue weighted by molar-refractivity contribution is 5.47. The van der Waals surface area contributed by atoms with Crippen molar-refractivity contribution in [2.24, 2.45) is 17.1 Å². The van der Waals surface area contributed by atoms with Crippen molar-refractivity contribution >= 4 is 0 Å². The molecule has 17 heavy (non-hydrogen) atoms. The van der Waals surface area contributed by atoms with E-state index in [2.05, 4.69) is 26.0 Å². The molecule has 1 saturated carbocycles. The molecule has 0 saturated heterocycles. The maximum absolute atomic E-state index is 5.82. The third kappa shape index (κ3) is 1.61. The standard InChI is InChI=1S/C14H19NO2/c1-14(2)10(8-15)13(14)9-3-4-11-12(7-9)17-6-5-16-11/h3-4,7,10,13H,5-6,8,15H2,1-2H3/t10-,13-/m1/s1. The SMILES string of the molecule is CC1(C)[C@H](CN)[C@H]1c1ccc2c(c1)OCCO2. The van der Waals surface area contributed by atoms with Crippen LogP contribution in [0.25, 0.3) is 0 Å². The lowest BCUT2D eigenvalue weighted by molar-refractivity contribution is 0.171. The summed E-state index contributed by atoms with van der Waals surface area (Å²) >= 11 is 0. The maximum Gasteiger partial charge on any atom is 0.161 e. The Hall–Kier alpha value is -1.22. The van der Waals surface area contributed by atoms with Crippen molar-refractivity contribution in [2.45, 2.75) is 19.8 Å². The van der Waals surface area contributed by atoms with Crippen molar-refractivity contribution in [2.75, 3.05) is 19.8 Å². The van der Waals surface area contributed by atoms with Gasteiger partial charge in [-0.1, -0.05) is 19.9 Å². The molecule has 1 heterocycles. The third-order valence-electron chi connectivity index (χ3n) is 4.23. The molecule has 0 bridgehead atoms. The minimum absolute atomic E-state index is 0.318. The Bertz CT molecular complexity index is 442. The van der Waals surface area contributed by atoms with Gasteiger partial charge >= 0.3 is 0 Å². The molecule has 1 aliphatic heterocycles. The van der Waals surface area contributed by atoms with E-state index < -0.39 is 0 Å². The van der Waals surface area contributed by atoms with Crippen molar-refractivity contribution in [1.29, 1.82) is 0 Å². The zero-order valence-corrected chi connectivity index (χ0v) is 10.4. The van der Waals surface area contributed by atoms with Crippen LogP contribution in [0.4, 0.5) is 0 Å². The fourth-order valence-electron chi connectivity index (χ4n) is 3.10. The molecule has 3 heteroatoms. The smallest absolute Gasteiger partial charge is 0.161 e. The molecule has 0 aromatic heterocycles. The van der Waals surface area contributed by atoms with Crippen molar-refractivity contribution in [3.05, 3.63) is 23.8 Å². The van der Waals surface area contributed by atoms with E-state index >= 15 is 0 Å². The minimum atomic E-state index is 0.318. The van der Waals surface area contributed by atoms with E-state index in [9.17, 15) is 0 Å². The summed E-state index contributed by atoms with van der Waals surface area (Å²) in [6.07, 6.45) is 0. The Labute approximate surface area is 102 Å². The van der Waals surface area contributed by atoms with Gasteiger partial charge in [0, 0.05) is 0 Å². The van der Waals surface area contributed by atoms with Crippen LogP contribution in [-0.2, 0) is 0 Å². The summed E-state index contributed by atoms with van der Waals surface area (Å²) in [5, 5.41) is 0. The highest BCUT2D eigenvalue weighted by atomic mass is 16.6. The monoisotopic (exact) mass is 233 g/mol. The predicted molar refractivity (Wildman–Crippen MR) is 66.5 cm³/mol. The largest absolute Gasteiger partial charge is 0.486 e. The van der Waals surface area contributed by atoms with E-state index in [1.807, 2.05) is 6.07 Å². The van der Waals surface area contributed by atoms with Gasteiger partial charge in [0.2, 0.25) is 0 Å². The van der Waals surface area contributed by atoms with E-state index in [1.54, 1.807) is 0 Å². The van der Waals surface area contributed by atoms with E-state index in [1.165, 1.54) is 5.56 Å². The molecule has 2 atom stereocenters. The van der Waals surface area contributed by atoms with Gasteiger partial charge in [-0.05, 0) is 41.5 Å². The summed E-state index contributed by atoms with van der Waals surface area (Å²) in [5.41, 5.74) is 7.47. The van der Waals surface area contributed by atoms with Crippen LogP contribution in [0, 0.1) is 11.3 Å². The second-order valence-electron chi connectivity index (χ2n) is 5.54. The minimum Gasteiger partial charge on any atom is -0.486 e. The quantitative estimate of drug-likeness (QED) is 0.851. The Morgan fingerprint density at radius 1 is 1.24 bits per heavy atom. The summed E-state index contributed by atoms with van der Waals surface area (Å²) in [6.45, 7) is 6.61. The highest BCUT2D eigenvalue weighted by Gasteiger charge is 2.57. The van der Waals surface area contributed by atoms with Crippen LogP contribution in [0.5, 0.6) is 11.5 Å². The average Bonchev–Trinajstić information content (AvgIpc) is 2.90. The lowest BCUT2D eigenvalue weighted by Gasteiger charge is -2.19. The molecule has 1 aromatic rings. The first-order chi connectivity index (χ1) is 8.14. The van der Waals surface area contributed by atoms with Crippen LogP contribution in [-0.4, -0.2) is 19.8 Å². The van der Waals surface area contributed by atoms with Crippen LogP contribution in [0.2, 0.25) is 0 Å². The molecule has 0 amide bonds. The van der Waals surface area contributed by atoms with Crippen LogP contribution < -0.4 is 15.2 Å². The predicted octanol–water partition coefficient (Wildman–Crippen LogP) is 2.16. The number of nitrogens with two attached hydrogens (primary N) is 1. The van der Waals surface area contributed by atoms with Crippen molar-refractivity contribution < 1.29 is 9.47 Å². The molecule has 0 unspecified atom stereocenters. The topological polar surface area (TPSA) is 44.5 Å². The Kier molecular flexibility index (Phi) is 2.33. The van der Waals surface area contributed by atoms with Gasteiger partial charge in [0.05, 0.1) is 0 Å². The van der Waals surface area contributed by atoms with Crippen molar-refractivity contribution in [3.8, 4) is 11.5 Å². The third-order valence-corrected chi connectivity index (χ3v) is 4.23. The summed E-state index contributed by atoms with van der Waals surface area (Å²) in [7, 11) is 0. The summed E-state index contributed by atoms with van der Waals surface area (Å²) in [5.74, 6) is 2.89. The zero-order valence-electron chi connectivity index (χ0n) is 10.4. The average molecular weight is 233 g/mol. The molecule has 1 aliphatic carbocycles. The normalized spacial score (nSPS) is 28.9. The fourth-order valence-corrected chi connectivity index (χ4v) is 3.10. The molecule has 1 aromatic carbocycles. The summed E-state index contributed by atoms with van der Waals surface area (Å²) < 4.78 is 11.2. The van der Waals surface area contributed by atoms with Crippen LogP contribution in [0.3, 0.4) is 0 Å². The fraction of sp³-hybridized carbons (Fsp3) is 0.571. The molecule has 1 fully saturated rings. The van der Waals surface area contributed by atoms with Gasteiger partial charge in [0.25, 0.3) is 0 Å². The van der Waals surface area contributed by atoms with Crippen LogP contribution in [0.1, 0.15) is 25.3 Å². The van der Waals surface area contributed by atoms with E-state index in [0.29, 0.717) is 30.5 Å². The van der Waals surface area contributed by atoms with Crippen LogP contribution in [0.15, 0.2) is 18.2 Å². The molecule has 0 spiro atoms. The van der Waals surface area contributed by atoms with E-state index in [0.717, 1.165) is 18.0 Å². The molecule has 3 rings (SSSR count). The zero-order chi connectivity index (χ0) is 12.0. The van der Waals surface area contributed by atoms with E-state index in [-0.39, 0.29) is 0 Å².